The number of amides is 2. The second kappa shape index (κ2) is 8.16. The molecule has 0 atom stereocenters. The van der Waals surface area contributed by atoms with Gasteiger partial charge in [0.15, 0.2) is 0 Å². The summed E-state index contributed by atoms with van der Waals surface area (Å²) in [7, 11) is 1.56. The first-order chi connectivity index (χ1) is 14.5. The summed E-state index contributed by atoms with van der Waals surface area (Å²) in [5.74, 6) is -0.786. The largest absolute Gasteiger partial charge is 0.496 e. The minimum absolute atomic E-state index is 0.250. The highest BCUT2D eigenvalue weighted by Crippen LogP contribution is 2.31. The number of benzene rings is 3. The van der Waals surface area contributed by atoms with Crippen molar-refractivity contribution in [2.24, 2.45) is 0 Å². The van der Waals surface area contributed by atoms with Gasteiger partial charge in [0.2, 0.25) is 0 Å². The monoisotopic (exact) mass is 405 g/mol. The summed E-state index contributed by atoms with van der Waals surface area (Å²) in [6.07, 6.45) is 0. The average Bonchev–Trinajstić information content (AvgIpc) is 2.76. The van der Waals surface area contributed by atoms with E-state index >= 15 is 0 Å². The molecule has 4 rings (SSSR count). The van der Waals surface area contributed by atoms with E-state index in [-0.39, 0.29) is 5.69 Å². The number of hydrogen-bond donors (Lipinski definition) is 2. The van der Waals surface area contributed by atoms with Gasteiger partial charge in [-0.1, -0.05) is 30.3 Å². The maximum Gasteiger partial charge on any atom is 0.323 e. The van der Waals surface area contributed by atoms with Gasteiger partial charge in [-0.15, -0.1) is 0 Å². The number of ether oxygens (including phenoxy) is 1. The van der Waals surface area contributed by atoms with Crippen molar-refractivity contribution in [2.45, 2.75) is 0 Å². The highest BCUT2D eigenvalue weighted by Gasteiger charge is 2.12. The van der Waals surface area contributed by atoms with Crippen molar-refractivity contribution in [1.29, 1.82) is 0 Å². The second-order valence-electron chi connectivity index (χ2n) is 6.51. The number of carbonyl (C=O) groups is 1. The summed E-state index contributed by atoms with van der Waals surface area (Å²) >= 11 is 0. The van der Waals surface area contributed by atoms with Crippen LogP contribution in [-0.4, -0.2) is 18.1 Å². The molecule has 0 aliphatic rings. The number of nitrogens with zero attached hydrogens (tertiary/aromatic N) is 1. The molecule has 0 unspecified atom stereocenters. The lowest BCUT2D eigenvalue weighted by Crippen LogP contribution is -2.20. The van der Waals surface area contributed by atoms with Crippen molar-refractivity contribution < 1.29 is 18.3 Å². The van der Waals surface area contributed by atoms with Crippen molar-refractivity contribution in [3.05, 3.63) is 84.4 Å². The molecule has 0 fully saturated rings. The minimum Gasteiger partial charge on any atom is -0.496 e. The van der Waals surface area contributed by atoms with Crippen molar-refractivity contribution in [2.75, 3.05) is 17.7 Å². The molecule has 0 aliphatic heterocycles. The standard InChI is InChI=1S/C23H17F2N3O2/c1-30-22-13-20(14-5-3-2-4-6-14)27-19-10-8-16(12-17(19)22)26-23(29)28-21-11-15(24)7-9-18(21)25/h2-13H,1H3,(H2,26,28,29). The Morgan fingerprint density at radius 2 is 1.73 bits per heavy atom. The zero-order valence-electron chi connectivity index (χ0n) is 15.9. The number of nitrogens with one attached hydrogen (secondary N) is 2. The average molecular weight is 405 g/mol. The summed E-state index contributed by atoms with van der Waals surface area (Å²) in [5.41, 5.74) is 2.61. The molecule has 7 heteroatoms. The number of halogens is 2. The number of carbonyl (C=O) groups excluding carboxylic acids is 1. The molecule has 0 spiro atoms. The fourth-order valence-corrected chi connectivity index (χ4v) is 3.08. The number of pyridine rings is 1. The zero-order chi connectivity index (χ0) is 21.1. The summed E-state index contributed by atoms with van der Waals surface area (Å²) in [4.78, 5) is 16.9. The minimum atomic E-state index is -0.732. The van der Waals surface area contributed by atoms with Crippen LogP contribution >= 0.6 is 0 Å². The SMILES string of the molecule is COc1cc(-c2ccccc2)nc2ccc(NC(=O)Nc3cc(F)ccc3F)cc12. The third kappa shape index (κ3) is 4.05. The maximum atomic E-state index is 13.7. The van der Waals surface area contributed by atoms with Gasteiger partial charge in [0.05, 0.1) is 24.0 Å². The van der Waals surface area contributed by atoms with E-state index in [1.807, 2.05) is 36.4 Å². The van der Waals surface area contributed by atoms with Crippen LogP contribution in [0.2, 0.25) is 0 Å². The van der Waals surface area contributed by atoms with Crippen molar-refractivity contribution in [1.82, 2.24) is 4.98 Å². The molecule has 2 N–H and O–H groups in total. The fourth-order valence-electron chi connectivity index (χ4n) is 3.08. The first kappa shape index (κ1) is 19.3. The molecular formula is C23H17F2N3O2. The number of aromatic nitrogens is 1. The van der Waals surface area contributed by atoms with Gasteiger partial charge in [-0.3, -0.25) is 0 Å². The lowest BCUT2D eigenvalue weighted by atomic mass is 10.1. The first-order valence-corrected chi connectivity index (χ1v) is 9.11. The Labute approximate surface area is 171 Å². The van der Waals surface area contributed by atoms with Crippen LogP contribution in [0, 0.1) is 11.6 Å². The zero-order valence-corrected chi connectivity index (χ0v) is 15.9. The number of rotatable bonds is 4. The maximum absolute atomic E-state index is 13.7. The second-order valence-corrected chi connectivity index (χ2v) is 6.51. The predicted molar refractivity (Wildman–Crippen MR) is 113 cm³/mol. The Kier molecular flexibility index (Phi) is 5.26. The normalized spacial score (nSPS) is 10.6. The Morgan fingerprint density at radius 1 is 0.933 bits per heavy atom. The molecule has 150 valence electrons. The topological polar surface area (TPSA) is 63.2 Å². The van der Waals surface area contributed by atoms with E-state index in [1.165, 1.54) is 0 Å². The van der Waals surface area contributed by atoms with Crippen molar-refractivity contribution in [3.8, 4) is 17.0 Å². The van der Waals surface area contributed by atoms with E-state index in [0.717, 1.165) is 29.5 Å². The van der Waals surface area contributed by atoms with Gasteiger partial charge in [0.25, 0.3) is 0 Å². The first-order valence-electron chi connectivity index (χ1n) is 9.11. The smallest absolute Gasteiger partial charge is 0.323 e. The highest BCUT2D eigenvalue weighted by atomic mass is 19.1. The summed E-state index contributed by atoms with van der Waals surface area (Å²) in [6.45, 7) is 0. The van der Waals surface area contributed by atoms with Crippen molar-refractivity contribution >= 4 is 28.3 Å². The Hall–Kier alpha value is -4.00. The Balaban J connectivity index is 1.61. The third-order valence-electron chi connectivity index (χ3n) is 4.49. The predicted octanol–water partition coefficient (Wildman–Crippen LogP) is 5.83. The van der Waals surface area contributed by atoms with Crippen LogP contribution in [0.4, 0.5) is 25.0 Å². The van der Waals surface area contributed by atoms with E-state index in [9.17, 15) is 13.6 Å². The van der Waals surface area contributed by atoms with Gasteiger partial charge >= 0.3 is 6.03 Å². The van der Waals surface area contributed by atoms with Crippen LogP contribution in [0.1, 0.15) is 0 Å². The molecule has 1 heterocycles. The van der Waals surface area contributed by atoms with Gasteiger partial charge in [0, 0.05) is 28.8 Å². The van der Waals surface area contributed by atoms with E-state index in [4.69, 9.17) is 4.74 Å². The lowest BCUT2D eigenvalue weighted by Gasteiger charge is -2.12. The van der Waals surface area contributed by atoms with Crippen LogP contribution in [-0.2, 0) is 0 Å². The van der Waals surface area contributed by atoms with Crippen LogP contribution in [0.3, 0.4) is 0 Å². The van der Waals surface area contributed by atoms with Crippen LogP contribution in [0.15, 0.2) is 72.8 Å². The Morgan fingerprint density at radius 3 is 2.50 bits per heavy atom. The number of methoxy groups -OCH3 is 1. The molecule has 0 aliphatic carbocycles. The van der Waals surface area contributed by atoms with Gasteiger partial charge in [-0.05, 0) is 30.3 Å². The van der Waals surface area contributed by atoms with Gasteiger partial charge in [-0.25, -0.2) is 18.6 Å². The molecule has 0 radical (unpaired) electrons. The fraction of sp³-hybridized carbons (Fsp3) is 0.0435. The third-order valence-corrected chi connectivity index (χ3v) is 4.49. The number of fused-ring (bicyclic) bond motifs is 1. The molecule has 5 nitrogen and oxygen atoms in total. The van der Waals surface area contributed by atoms with Crippen LogP contribution in [0.5, 0.6) is 5.75 Å². The molecule has 2 amide bonds. The summed E-state index contributed by atoms with van der Waals surface area (Å²) in [6, 6.07) is 18.8. The number of hydrogen-bond acceptors (Lipinski definition) is 3. The van der Waals surface area contributed by atoms with E-state index < -0.39 is 17.7 Å². The lowest BCUT2D eigenvalue weighted by molar-refractivity contribution is 0.262. The number of anilines is 2. The molecule has 4 aromatic rings. The van der Waals surface area contributed by atoms with Crippen LogP contribution < -0.4 is 15.4 Å². The Bertz CT molecular complexity index is 1230. The van der Waals surface area contributed by atoms with Gasteiger partial charge in [0.1, 0.15) is 17.4 Å². The molecule has 3 aromatic carbocycles. The van der Waals surface area contributed by atoms with Gasteiger partial charge in [-0.2, -0.15) is 0 Å². The van der Waals surface area contributed by atoms with Crippen LogP contribution in [0.25, 0.3) is 22.2 Å². The molecule has 1 aromatic heterocycles. The van der Waals surface area contributed by atoms with E-state index in [2.05, 4.69) is 15.6 Å². The molecule has 30 heavy (non-hydrogen) atoms. The molecule has 0 saturated heterocycles. The molecular weight excluding hydrogens is 388 g/mol. The van der Waals surface area contributed by atoms with Crippen molar-refractivity contribution in [3.63, 3.8) is 0 Å². The summed E-state index contributed by atoms with van der Waals surface area (Å²) in [5, 5.41) is 5.60. The highest BCUT2D eigenvalue weighted by molar-refractivity contribution is 6.01. The summed E-state index contributed by atoms with van der Waals surface area (Å²) < 4.78 is 32.5. The van der Waals surface area contributed by atoms with Gasteiger partial charge < -0.3 is 15.4 Å². The van der Waals surface area contributed by atoms with E-state index in [1.54, 1.807) is 25.3 Å². The molecule has 0 bridgehead atoms. The number of urea groups is 1. The van der Waals surface area contributed by atoms with E-state index in [0.29, 0.717) is 22.3 Å². The molecule has 0 saturated carbocycles. The quantitative estimate of drug-likeness (QED) is 0.449.